The molecule has 0 aromatic heterocycles. The average Bonchev–Trinajstić information content (AvgIpc) is 2.28. The first-order valence-electron chi connectivity index (χ1n) is 5.85. The van der Waals surface area contributed by atoms with Crippen LogP contribution < -0.4 is 0 Å². The molecular formula is C11H17BrF3NO. The van der Waals surface area contributed by atoms with Gasteiger partial charge in [0.15, 0.2) is 0 Å². The third-order valence-corrected chi connectivity index (χ3v) is 3.57. The summed E-state index contributed by atoms with van der Waals surface area (Å²) in [6.07, 6.45) is -1.60. The molecule has 0 spiro atoms. The number of carbonyl (C=O) groups is 1. The van der Waals surface area contributed by atoms with E-state index < -0.39 is 12.1 Å². The summed E-state index contributed by atoms with van der Waals surface area (Å²) in [6.45, 7) is 0.316. The molecule has 0 radical (unpaired) electrons. The monoisotopic (exact) mass is 315 g/mol. The molecule has 0 aliphatic carbocycles. The predicted octanol–water partition coefficient (Wildman–Crippen LogP) is 3.35. The quantitative estimate of drug-likeness (QED) is 0.575. The van der Waals surface area contributed by atoms with Gasteiger partial charge in [0.2, 0.25) is 5.91 Å². The summed E-state index contributed by atoms with van der Waals surface area (Å²) in [4.78, 5) is 13.1. The smallest absolute Gasteiger partial charge is 0.342 e. The molecule has 1 aliphatic heterocycles. The highest BCUT2D eigenvalue weighted by Crippen LogP contribution is 2.33. The van der Waals surface area contributed by atoms with E-state index in [-0.39, 0.29) is 18.9 Å². The largest absolute Gasteiger partial charge is 0.393 e. The molecule has 1 fully saturated rings. The van der Waals surface area contributed by atoms with Crippen LogP contribution in [0.2, 0.25) is 0 Å². The summed E-state index contributed by atoms with van der Waals surface area (Å²) in [5, 5.41) is 0.825. The summed E-state index contributed by atoms with van der Waals surface area (Å²) in [5.74, 6) is -1.48. The highest BCUT2D eigenvalue weighted by atomic mass is 79.9. The number of hydrogen-bond acceptors (Lipinski definition) is 1. The normalized spacial score (nSPS) is 21.6. The van der Waals surface area contributed by atoms with Crippen LogP contribution >= 0.6 is 15.9 Å². The minimum absolute atomic E-state index is 0.139. The molecule has 100 valence electrons. The van der Waals surface area contributed by atoms with E-state index in [0.29, 0.717) is 19.4 Å². The van der Waals surface area contributed by atoms with Gasteiger partial charge in [-0.15, -0.1) is 0 Å². The van der Waals surface area contributed by atoms with Crippen LogP contribution in [-0.2, 0) is 4.79 Å². The number of hydrogen-bond donors (Lipinski definition) is 0. The van der Waals surface area contributed by atoms with E-state index in [4.69, 9.17) is 0 Å². The molecule has 2 nitrogen and oxygen atoms in total. The number of likely N-dealkylation sites (tertiary alicyclic amines) is 1. The van der Waals surface area contributed by atoms with Gasteiger partial charge in [0.05, 0.1) is 5.92 Å². The standard InChI is InChI=1S/C11H17BrF3NO/c12-6-2-1-5-10(17)16-7-3-4-9(8-16)11(13,14)15/h9H,1-8H2. The molecule has 6 heteroatoms. The number of rotatable bonds is 4. The second kappa shape index (κ2) is 6.61. The van der Waals surface area contributed by atoms with E-state index in [1.54, 1.807) is 0 Å². The molecule has 1 saturated heterocycles. The van der Waals surface area contributed by atoms with E-state index in [2.05, 4.69) is 15.9 Å². The van der Waals surface area contributed by atoms with E-state index in [1.165, 1.54) is 4.90 Å². The van der Waals surface area contributed by atoms with Gasteiger partial charge in [-0.25, -0.2) is 0 Å². The van der Waals surface area contributed by atoms with E-state index >= 15 is 0 Å². The fraction of sp³-hybridized carbons (Fsp3) is 0.909. The summed E-state index contributed by atoms with van der Waals surface area (Å²) in [5.41, 5.74) is 0. The summed E-state index contributed by atoms with van der Waals surface area (Å²) in [7, 11) is 0. The second-order valence-electron chi connectivity index (χ2n) is 4.37. The SMILES string of the molecule is O=C(CCCCBr)N1CCCC(C(F)(F)F)C1. The van der Waals surface area contributed by atoms with Crippen molar-refractivity contribution >= 4 is 21.8 Å². The molecule has 1 aliphatic rings. The van der Waals surface area contributed by atoms with Crippen LogP contribution in [0.1, 0.15) is 32.1 Å². The lowest BCUT2D eigenvalue weighted by Crippen LogP contribution is -2.44. The lowest BCUT2D eigenvalue weighted by molar-refractivity contribution is -0.188. The topological polar surface area (TPSA) is 20.3 Å². The number of carbonyl (C=O) groups excluding carboxylic acids is 1. The fourth-order valence-corrected chi connectivity index (χ4v) is 2.40. The van der Waals surface area contributed by atoms with E-state index in [1.807, 2.05) is 0 Å². The molecule has 1 rings (SSSR count). The van der Waals surface area contributed by atoms with Crippen molar-refractivity contribution in [3.8, 4) is 0 Å². The van der Waals surface area contributed by atoms with Gasteiger partial charge in [0, 0.05) is 24.8 Å². The van der Waals surface area contributed by atoms with Crippen LogP contribution in [0.3, 0.4) is 0 Å². The van der Waals surface area contributed by atoms with Crippen molar-refractivity contribution in [3.63, 3.8) is 0 Å². The van der Waals surface area contributed by atoms with Gasteiger partial charge in [0.25, 0.3) is 0 Å². The van der Waals surface area contributed by atoms with Crippen LogP contribution in [0.15, 0.2) is 0 Å². The Morgan fingerprint density at radius 1 is 1.35 bits per heavy atom. The lowest BCUT2D eigenvalue weighted by atomic mass is 9.97. The number of piperidine rings is 1. The molecule has 1 heterocycles. The van der Waals surface area contributed by atoms with Crippen molar-refractivity contribution in [2.24, 2.45) is 5.92 Å². The molecule has 0 N–H and O–H groups in total. The Balaban J connectivity index is 2.41. The third-order valence-electron chi connectivity index (χ3n) is 3.01. The maximum atomic E-state index is 12.5. The zero-order valence-corrected chi connectivity index (χ0v) is 11.2. The molecule has 0 saturated carbocycles. The number of halogens is 4. The van der Waals surface area contributed by atoms with Crippen molar-refractivity contribution in [3.05, 3.63) is 0 Å². The number of unbranched alkanes of at least 4 members (excludes halogenated alkanes) is 1. The maximum absolute atomic E-state index is 12.5. The molecule has 1 unspecified atom stereocenters. The summed E-state index contributed by atoms with van der Waals surface area (Å²) in [6, 6.07) is 0. The molecule has 1 amide bonds. The van der Waals surface area contributed by atoms with Gasteiger partial charge in [0.1, 0.15) is 0 Å². The van der Waals surface area contributed by atoms with Gasteiger partial charge in [-0.05, 0) is 25.7 Å². The lowest BCUT2D eigenvalue weighted by Gasteiger charge is -2.33. The molecule has 0 bridgehead atoms. The molecule has 1 atom stereocenters. The highest BCUT2D eigenvalue weighted by Gasteiger charge is 2.42. The Kier molecular flexibility index (Phi) is 5.76. The third kappa shape index (κ3) is 4.85. The number of amides is 1. The van der Waals surface area contributed by atoms with Crippen molar-refractivity contribution in [1.29, 1.82) is 0 Å². The van der Waals surface area contributed by atoms with Crippen molar-refractivity contribution < 1.29 is 18.0 Å². The first kappa shape index (κ1) is 14.8. The van der Waals surface area contributed by atoms with Crippen molar-refractivity contribution in [2.45, 2.75) is 38.3 Å². The Morgan fingerprint density at radius 2 is 2.06 bits per heavy atom. The number of nitrogens with zero attached hydrogens (tertiary/aromatic N) is 1. The van der Waals surface area contributed by atoms with Gasteiger partial charge >= 0.3 is 6.18 Å². The minimum atomic E-state index is -4.17. The van der Waals surface area contributed by atoms with Crippen molar-refractivity contribution in [1.82, 2.24) is 4.90 Å². The van der Waals surface area contributed by atoms with Crippen LogP contribution in [0.25, 0.3) is 0 Å². The predicted molar refractivity (Wildman–Crippen MR) is 63.0 cm³/mol. The van der Waals surface area contributed by atoms with Gasteiger partial charge < -0.3 is 4.90 Å². The maximum Gasteiger partial charge on any atom is 0.393 e. The van der Waals surface area contributed by atoms with Crippen LogP contribution in [-0.4, -0.2) is 35.4 Å². The number of alkyl halides is 4. The second-order valence-corrected chi connectivity index (χ2v) is 5.16. The molecule has 0 aromatic rings. The summed E-state index contributed by atoms with van der Waals surface area (Å²) < 4.78 is 37.6. The van der Waals surface area contributed by atoms with Crippen LogP contribution in [0.4, 0.5) is 13.2 Å². The molecular weight excluding hydrogens is 299 g/mol. The minimum Gasteiger partial charge on any atom is -0.342 e. The average molecular weight is 316 g/mol. The Bertz CT molecular complexity index is 258. The Hall–Kier alpha value is -0.260. The Morgan fingerprint density at radius 3 is 2.65 bits per heavy atom. The highest BCUT2D eigenvalue weighted by molar-refractivity contribution is 9.09. The van der Waals surface area contributed by atoms with Crippen molar-refractivity contribution in [2.75, 3.05) is 18.4 Å². The van der Waals surface area contributed by atoms with Crippen LogP contribution in [0, 0.1) is 5.92 Å². The van der Waals surface area contributed by atoms with Gasteiger partial charge in [-0.2, -0.15) is 13.2 Å². The zero-order chi connectivity index (χ0) is 12.9. The van der Waals surface area contributed by atoms with Gasteiger partial charge in [-0.1, -0.05) is 15.9 Å². The van der Waals surface area contributed by atoms with E-state index in [9.17, 15) is 18.0 Å². The van der Waals surface area contributed by atoms with Crippen LogP contribution in [0.5, 0.6) is 0 Å². The van der Waals surface area contributed by atoms with E-state index in [0.717, 1.165) is 18.2 Å². The zero-order valence-electron chi connectivity index (χ0n) is 9.60. The fourth-order valence-electron chi connectivity index (χ4n) is 2.00. The van der Waals surface area contributed by atoms with Gasteiger partial charge in [-0.3, -0.25) is 4.79 Å². The summed E-state index contributed by atoms with van der Waals surface area (Å²) >= 11 is 3.26. The first-order chi connectivity index (χ1) is 7.95. The Labute approximate surface area is 108 Å². The first-order valence-corrected chi connectivity index (χ1v) is 6.97. The molecule has 17 heavy (non-hydrogen) atoms. The molecule has 0 aromatic carbocycles.